The fourth-order valence-corrected chi connectivity index (χ4v) is 11.4. The van der Waals surface area contributed by atoms with Gasteiger partial charge in [0.2, 0.25) is 0 Å². The van der Waals surface area contributed by atoms with E-state index in [9.17, 15) is 19.5 Å². The van der Waals surface area contributed by atoms with Gasteiger partial charge in [0.1, 0.15) is 30.0 Å². The summed E-state index contributed by atoms with van der Waals surface area (Å²) in [6.07, 6.45) is 2.03. The number of rotatable bonds is 9. The highest BCUT2D eigenvalue weighted by Gasteiger charge is 2.70. The first kappa shape index (κ1) is 45.2. The Bertz CT molecular complexity index is 1890. The zero-order chi connectivity index (χ0) is 43.2. The lowest BCUT2D eigenvalue weighted by Crippen LogP contribution is -2.60. The number of nitrogens with zero attached hydrogens (tertiary/aromatic N) is 3. The molecule has 13 nitrogen and oxygen atoms in total. The molecule has 4 aliphatic rings. The molecule has 2 aromatic rings. The molecule has 1 N–H and O–H groups in total. The van der Waals surface area contributed by atoms with Gasteiger partial charge in [0.15, 0.2) is 17.7 Å². The molecule has 0 saturated carbocycles. The minimum absolute atomic E-state index is 0.0840. The fourth-order valence-electron chi connectivity index (χ4n) is 10.5. The van der Waals surface area contributed by atoms with Crippen LogP contribution in [-0.2, 0) is 42.9 Å². The zero-order valence-corrected chi connectivity index (χ0v) is 37.2. The van der Waals surface area contributed by atoms with Crippen molar-refractivity contribution in [2.24, 2.45) is 29.1 Å². The normalized spacial score (nSPS) is 40.0. The quantitative estimate of drug-likeness (QED) is 0.253. The Hall–Kier alpha value is -3.37. The number of esters is 2. The number of thiophene rings is 1. The largest absolute Gasteiger partial charge is 0.458 e. The van der Waals surface area contributed by atoms with Crippen LogP contribution in [0.4, 0.5) is 0 Å². The summed E-state index contributed by atoms with van der Waals surface area (Å²) in [4.78, 5) is 67.7. The molecule has 2 aromatic heterocycles. The van der Waals surface area contributed by atoms with Gasteiger partial charge >= 0.3 is 11.9 Å². The summed E-state index contributed by atoms with van der Waals surface area (Å²) in [6.45, 7) is 14.6. The number of aromatic nitrogens is 1. The lowest BCUT2D eigenvalue weighted by Gasteiger charge is -2.48. The van der Waals surface area contributed by atoms with Crippen LogP contribution in [0.25, 0.3) is 16.6 Å². The van der Waals surface area contributed by atoms with Crippen molar-refractivity contribution in [3.05, 3.63) is 47.5 Å². The highest BCUT2D eigenvalue weighted by Crippen LogP contribution is 2.55. The molecule has 14 heteroatoms. The summed E-state index contributed by atoms with van der Waals surface area (Å²) >= 11 is 1.58. The highest BCUT2D eigenvalue weighted by atomic mass is 32.1. The van der Waals surface area contributed by atoms with Crippen molar-refractivity contribution >= 4 is 40.9 Å². The molecule has 14 atom stereocenters. The summed E-state index contributed by atoms with van der Waals surface area (Å²) in [5.74, 6) is -5.34. The molecule has 3 unspecified atom stereocenters. The summed E-state index contributed by atoms with van der Waals surface area (Å²) in [6, 6.07) is 8.78. The molecule has 0 bridgehead atoms. The molecule has 0 spiro atoms. The molecule has 0 amide bonds. The molecule has 0 aromatic carbocycles. The number of cyclic esters (lactones) is 1. The van der Waals surface area contributed by atoms with E-state index in [0.717, 1.165) is 15.4 Å². The summed E-state index contributed by atoms with van der Waals surface area (Å²) in [7, 11) is 5.57. The lowest BCUT2D eigenvalue weighted by molar-refractivity contribution is -0.296. The number of ether oxygens (including phenoxy) is 5. The SMILES string of the molecule is CC[C@H]1OC(=O)[C@H](C)C(=O)[C@H](C)[C@@H](O[C@@H]2O[C@H](C)C[C@H](N(C)C)[C@H]2O)[C@@](C)(OC/C=C/c2ccc(-c3ccccn3)s2)C[C@@H](C)C(=O)C2(C)CN(C)C3C(=O)O[C@@]1(C)C32. The number of hydrogen-bond donors (Lipinski definition) is 1. The number of carbonyl (C=O) groups is 4. The number of hydrogen-bond acceptors (Lipinski definition) is 14. The number of carbonyl (C=O) groups excluding carboxylic acids is 4. The van der Waals surface area contributed by atoms with Crippen LogP contribution in [0.15, 0.2) is 42.6 Å². The van der Waals surface area contributed by atoms with Gasteiger partial charge in [0.25, 0.3) is 0 Å². The van der Waals surface area contributed by atoms with Crippen LogP contribution in [-0.4, -0.2) is 132 Å². The van der Waals surface area contributed by atoms with Crippen LogP contribution in [0.5, 0.6) is 0 Å². The monoisotopic (exact) mass is 837 g/mol. The van der Waals surface area contributed by atoms with E-state index in [1.54, 1.807) is 31.4 Å². The van der Waals surface area contributed by atoms with Crippen molar-refractivity contribution < 1.29 is 48.0 Å². The molecular weight excluding hydrogens is 775 g/mol. The number of likely N-dealkylation sites (N-methyl/N-ethyl adjacent to an activating group) is 2. The van der Waals surface area contributed by atoms with Gasteiger partial charge in [-0.25, -0.2) is 0 Å². The fraction of sp³-hybridized carbons (Fsp3) is 0.667. The maximum Gasteiger partial charge on any atom is 0.324 e. The number of aliphatic hydroxyl groups is 1. The van der Waals surface area contributed by atoms with Crippen LogP contribution in [0.3, 0.4) is 0 Å². The van der Waals surface area contributed by atoms with Crippen LogP contribution < -0.4 is 0 Å². The molecule has 0 aliphatic carbocycles. The standard InChI is InChI=1S/C45H63N3O10S/c1-12-33-45(8)37-34(41(53)58-45)48(11)24-43(37,6)38(51)25(2)23-44(7,54-21-15-16-29-18-19-32(59-29)30-17-13-14-20-46-30)39(27(4)35(49)28(5)40(52)56-33)57-42-36(50)31(47(9)10)22-26(3)55-42/h13-20,25-28,31,33-34,36-37,39,42,50H,12,21-24H2,1-11H3/b16-15+/t25-,26-,27+,28-,31+,33-,34?,36-,37?,39-,42+,43?,44+,45-/m1/s1. The molecule has 6 rings (SSSR count). The second-order valence-electron chi connectivity index (χ2n) is 18.1. The first-order valence-electron chi connectivity index (χ1n) is 20.9. The second-order valence-corrected chi connectivity index (χ2v) is 19.3. The molecule has 4 fully saturated rings. The molecule has 59 heavy (non-hydrogen) atoms. The van der Waals surface area contributed by atoms with E-state index in [-0.39, 0.29) is 31.0 Å². The lowest BCUT2D eigenvalue weighted by atomic mass is 9.62. The number of aliphatic hydroxyl groups excluding tert-OH is 1. The Morgan fingerprint density at radius 2 is 1.78 bits per heavy atom. The van der Waals surface area contributed by atoms with Crippen molar-refractivity contribution in [2.45, 2.75) is 129 Å². The van der Waals surface area contributed by atoms with Gasteiger partial charge in [0.05, 0.1) is 35.0 Å². The van der Waals surface area contributed by atoms with E-state index in [1.807, 2.05) is 108 Å². The molecule has 324 valence electrons. The van der Waals surface area contributed by atoms with Crippen molar-refractivity contribution in [1.29, 1.82) is 0 Å². The van der Waals surface area contributed by atoms with Crippen molar-refractivity contribution in [3.63, 3.8) is 0 Å². The van der Waals surface area contributed by atoms with Gasteiger partial charge in [-0.05, 0) is 98.4 Å². The van der Waals surface area contributed by atoms with E-state index >= 15 is 4.79 Å². The van der Waals surface area contributed by atoms with Crippen molar-refractivity contribution in [3.8, 4) is 10.6 Å². The van der Waals surface area contributed by atoms with Gasteiger partial charge in [-0.2, -0.15) is 0 Å². The Morgan fingerprint density at radius 3 is 2.44 bits per heavy atom. The maximum absolute atomic E-state index is 15.2. The summed E-state index contributed by atoms with van der Waals surface area (Å²) in [5, 5.41) is 11.7. The summed E-state index contributed by atoms with van der Waals surface area (Å²) in [5.41, 5.74) is -2.90. The number of pyridine rings is 1. The predicted octanol–water partition coefficient (Wildman–Crippen LogP) is 5.43. The number of ketones is 2. The third-order valence-corrected chi connectivity index (χ3v) is 14.5. The third-order valence-electron chi connectivity index (χ3n) is 13.4. The van der Waals surface area contributed by atoms with E-state index in [2.05, 4.69) is 4.98 Å². The van der Waals surface area contributed by atoms with Crippen LogP contribution in [0.1, 0.15) is 79.5 Å². The molecule has 0 radical (unpaired) electrons. The Kier molecular flexibility index (Phi) is 13.4. The molecule has 6 heterocycles. The first-order chi connectivity index (χ1) is 27.7. The van der Waals surface area contributed by atoms with Crippen LogP contribution >= 0.6 is 11.3 Å². The van der Waals surface area contributed by atoms with Gasteiger partial charge < -0.3 is 33.7 Å². The average Bonchev–Trinajstić information content (AvgIpc) is 3.87. The molecular formula is C45H63N3O10S. The van der Waals surface area contributed by atoms with Gasteiger partial charge in [-0.1, -0.05) is 39.8 Å². The van der Waals surface area contributed by atoms with E-state index in [0.29, 0.717) is 19.4 Å². The van der Waals surface area contributed by atoms with Crippen LogP contribution in [0, 0.1) is 29.1 Å². The van der Waals surface area contributed by atoms with Crippen molar-refractivity contribution in [1.82, 2.24) is 14.8 Å². The van der Waals surface area contributed by atoms with Gasteiger partial charge in [-0.3, -0.25) is 29.1 Å². The van der Waals surface area contributed by atoms with Gasteiger partial charge in [-0.15, -0.1) is 11.3 Å². The maximum atomic E-state index is 15.2. The predicted molar refractivity (Wildman–Crippen MR) is 223 cm³/mol. The highest BCUT2D eigenvalue weighted by molar-refractivity contribution is 7.16. The summed E-state index contributed by atoms with van der Waals surface area (Å²) < 4.78 is 32.2. The molecule has 4 aliphatic heterocycles. The van der Waals surface area contributed by atoms with Gasteiger partial charge in [0, 0.05) is 46.8 Å². The number of likely N-dealkylation sites (tertiary alicyclic amines) is 1. The minimum Gasteiger partial charge on any atom is -0.458 e. The Balaban J connectivity index is 1.41. The van der Waals surface area contributed by atoms with Crippen molar-refractivity contribution in [2.75, 3.05) is 34.3 Å². The second kappa shape index (κ2) is 17.5. The topological polar surface area (TPSA) is 154 Å². The van der Waals surface area contributed by atoms with E-state index in [1.165, 1.54) is 6.92 Å². The smallest absolute Gasteiger partial charge is 0.324 e. The van der Waals surface area contributed by atoms with E-state index in [4.69, 9.17) is 23.7 Å². The molecule has 4 saturated heterocycles. The number of Topliss-reactive ketones (excluding diaryl/α,β-unsaturated/α-hetero) is 2. The Morgan fingerprint density at radius 1 is 1.05 bits per heavy atom. The third kappa shape index (κ3) is 8.60. The first-order valence-corrected chi connectivity index (χ1v) is 21.8. The minimum atomic E-state index is -1.36. The zero-order valence-electron chi connectivity index (χ0n) is 36.4. The Labute approximate surface area is 352 Å². The average molecular weight is 838 g/mol. The van der Waals surface area contributed by atoms with E-state index < -0.39 is 88.7 Å². The van der Waals surface area contributed by atoms with Crippen LogP contribution in [0.2, 0.25) is 0 Å².